The maximum atomic E-state index is 5.82. The van der Waals surface area contributed by atoms with Gasteiger partial charge in [-0.15, -0.1) is 11.8 Å². The topological polar surface area (TPSA) is 21.6 Å². The summed E-state index contributed by atoms with van der Waals surface area (Å²) in [6.07, 6.45) is 2.43. The zero-order valence-corrected chi connectivity index (χ0v) is 11.2. The Labute approximate surface area is 107 Å². The van der Waals surface area contributed by atoms with Crippen molar-refractivity contribution in [3.05, 3.63) is 30.3 Å². The monoisotopic (exact) mass is 249 g/mol. The summed E-state index contributed by atoms with van der Waals surface area (Å²) in [5.41, 5.74) is 0. The van der Waals surface area contributed by atoms with Crippen molar-refractivity contribution in [1.29, 1.82) is 0 Å². The summed E-state index contributed by atoms with van der Waals surface area (Å²) in [6, 6.07) is 10.8. The number of thioether (sulfide) groups is 1. The molecule has 1 unspecified atom stereocenters. The summed E-state index contributed by atoms with van der Waals surface area (Å²) in [6.45, 7) is 4.17. The molecule has 1 atom stereocenters. The average molecular weight is 249 g/mol. The number of benzene rings is 1. The Morgan fingerprint density at radius 1 is 1.35 bits per heavy atom. The fourth-order valence-electron chi connectivity index (χ4n) is 1.80. The van der Waals surface area contributed by atoms with E-state index in [0.29, 0.717) is 12.1 Å². The van der Waals surface area contributed by atoms with E-state index in [-0.39, 0.29) is 0 Å². The summed E-state index contributed by atoms with van der Waals surface area (Å²) >= 11 is 1.86. The van der Waals surface area contributed by atoms with Crippen molar-refractivity contribution in [3.8, 4) is 0 Å². The van der Waals surface area contributed by atoms with Crippen molar-refractivity contribution in [1.82, 2.24) is 0 Å². The van der Waals surface area contributed by atoms with E-state index in [9.17, 15) is 0 Å². The van der Waals surface area contributed by atoms with E-state index in [1.54, 1.807) is 0 Å². The zero-order valence-electron chi connectivity index (χ0n) is 10.4. The van der Waals surface area contributed by atoms with Crippen LogP contribution in [0.5, 0.6) is 0 Å². The minimum Gasteiger partial charge on any atom is -0.477 e. The molecule has 0 saturated carbocycles. The third kappa shape index (κ3) is 4.08. The molecule has 1 aliphatic rings. The molecule has 0 aromatic heterocycles. The molecule has 1 heterocycles. The van der Waals surface area contributed by atoms with Gasteiger partial charge in [0.1, 0.15) is 6.10 Å². The normalized spacial score (nSPS) is 22.1. The second kappa shape index (κ2) is 6.10. The molecule has 2 nitrogen and oxygen atoms in total. The van der Waals surface area contributed by atoms with Gasteiger partial charge in [0.2, 0.25) is 0 Å². The highest BCUT2D eigenvalue weighted by Gasteiger charge is 2.21. The van der Waals surface area contributed by atoms with Crippen molar-refractivity contribution >= 4 is 17.7 Å². The predicted octanol–water partition coefficient (Wildman–Crippen LogP) is 3.76. The molecule has 1 aliphatic heterocycles. The van der Waals surface area contributed by atoms with Crippen molar-refractivity contribution in [2.24, 2.45) is 4.99 Å². The van der Waals surface area contributed by atoms with E-state index in [1.807, 2.05) is 17.8 Å². The average Bonchev–Trinajstić information content (AvgIpc) is 2.75. The minimum absolute atomic E-state index is 0.331. The van der Waals surface area contributed by atoms with Crippen LogP contribution in [-0.2, 0) is 4.74 Å². The first-order valence-electron chi connectivity index (χ1n) is 6.15. The third-order valence-corrected chi connectivity index (χ3v) is 3.71. The van der Waals surface area contributed by atoms with Gasteiger partial charge < -0.3 is 4.74 Å². The van der Waals surface area contributed by atoms with Gasteiger partial charge in [-0.05, 0) is 32.4 Å². The molecule has 0 radical (unpaired) electrons. The van der Waals surface area contributed by atoms with E-state index in [0.717, 1.165) is 24.5 Å². The van der Waals surface area contributed by atoms with Gasteiger partial charge in [-0.2, -0.15) is 0 Å². The molecule has 1 saturated heterocycles. The molecule has 3 heteroatoms. The second-order valence-corrected chi connectivity index (χ2v) is 5.61. The van der Waals surface area contributed by atoms with E-state index in [4.69, 9.17) is 4.74 Å². The van der Waals surface area contributed by atoms with Gasteiger partial charge in [-0.25, -0.2) is 0 Å². The minimum atomic E-state index is 0.331. The summed E-state index contributed by atoms with van der Waals surface area (Å²) < 4.78 is 5.82. The van der Waals surface area contributed by atoms with Crippen LogP contribution in [0, 0.1) is 0 Å². The first-order chi connectivity index (χ1) is 8.24. The van der Waals surface area contributed by atoms with Crippen molar-refractivity contribution in [3.63, 3.8) is 0 Å². The van der Waals surface area contributed by atoms with Crippen LogP contribution in [0.25, 0.3) is 0 Å². The summed E-state index contributed by atoms with van der Waals surface area (Å²) in [4.78, 5) is 5.78. The maximum absolute atomic E-state index is 5.82. The lowest BCUT2D eigenvalue weighted by molar-refractivity contribution is 0.243. The van der Waals surface area contributed by atoms with Crippen molar-refractivity contribution in [2.75, 3.05) is 5.75 Å². The fourth-order valence-corrected chi connectivity index (χ4v) is 2.76. The first kappa shape index (κ1) is 12.5. The van der Waals surface area contributed by atoms with Crippen LogP contribution < -0.4 is 0 Å². The Balaban J connectivity index is 1.79. The quantitative estimate of drug-likeness (QED) is 0.758. The van der Waals surface area contributed by atoms with E-state index in [1.165, 1.54) is 4.90 Å². The smallest absolute Gasteiger partial charge is 0.183 e. The lowest BCUT2D eigenvalue weighted by Gasteiger charge is -2.10. The SMILES string of the molecule is CC(C)N=C1CCC(CSc2ccccc2)O1. The van der Waals surface area contributed by atoms with E-state index < -0.39 is 0 Å². The van der Waals surface area contributed by atoms with Gasteiger partial charge in [-0.3, -0.25) is 4.99 Å². The Hall–Kier alpha value is -0.960. The highest BCUT2D eigenvalue weighted by molar-refractivity contribution is 7.99. The summed E-state index contributed by atoms with van der Waals surface area (Å²) in [5.74, 6) is 1.96. The highest BCUT2D eigenvalue weighted by atomic mass is 32.2. The lowest BCUT2D eigenvalue weighted by atomic mass is 10.2. The Morgan fingerprint density at radius 2 is 2.12 bits per heavy atom. The van der Waals surface area contributed by atoms with Crippen LogP contribution in [0.2, 0.25) is 0 Å². The van der Waals surface area contributed by atoms with Crippen molar-refractivity contribution in [2.45, 2.75) is 43.7 Å². The van der Waals surface area contributed by atoms with Crippen LogP contribution in [-0.4, -0.2) is 23.8 Å². The molecule has 0 amide bonds. The second-order valence-electron chi connectivity index (χ2n) is 4.52. The number of hydrogen-bond donors (Lipinski definition) is 0. The van der Waals surface area contributed by atoms with Gasteiger partial charge in [0.15, 0.2) is 5.90 Å². The molecule has 0 N–H and O–H groups in total. The summed E-state index contributed by atoms with van der Waals surface area (Å²) in [7, 11) is 0. The largest absolute Gasteiger partial charge is 0.477 e. The zero-order chi connectivity index (χ0) is 12.1. The maximum Gasteiger partial charge on any atom is 0.183 e. The van der Waals surface area contributed by atoms with Crippen LogP contribution in [0.3, 0.4) is 0 Å². The van der Waals surface area contributed by atoms with Crippen molar-refractivity contribution < 1.29 is 4.74 Å². The molecule has 92 valence electrons. The Morgan fingerprint density at radius 3 is 2.82 bits per heavy atom. The molecular weight excluding hydrogens is 230 g/mol. The molecule has 0 aliphatic carbocycles. The molecule has 17 heavy (non-hydrogen) atoms. The number of rotatable bonds is 4. The van der Waals surface area contributed by atoms with Crippen LogP contribution in [0.15, 0.2) is 40.2 Å². The molecule has 1 fully saturated rings. The lowest BCUT2D eigenvalue weighted by Crippen LogP contribution is -2.10. The van der Waals surface area contributed by atoms with Gasteiger partial charge in [0.05, 0.1) is 0 Å². The molecule has 0 spiro atoms. The van der Waals surface area contributed by atoms with Gasteiger partial charge in [-0.1, -0.05) is 18.2 Å². The van der Waals surface area contributed by atoms with Gasteiger partial charge in [0, 0.05) is 23.1 Å². The highest BCUT2D eigenvalue weighted by Crippen LogP contribution is 2.24. The van der Waals surface area contributed by atoms with Gasteiger partial charge >= 0.3 is 0 Å². The van der Waals surface area contributed by atoms with Crippen LogP contribution in [0.1, 0.15) is 26.7 Å². The number of hydrogen-bond acceptors (Lipinski definition) is 3. The number of ether oxygens (including phenoxy) is 1. The first-order valence-corrected chi connectivity index (χ1v) is 7.14. The predicted molar refractivity (Wildman–Crippen MR) is 73.8 cm³/mol. The molecule has 1 aromatic carbocycles. The van der Waals surface area contributed by atoms with Crippen LogP contribution >= 0.6 is 11.8 Å². The van der Waals surface area contributed by atoms with Gasteiger partial charge in [0.25, 0.3) is 0 Å². The molecule has 2 rings (SSSR count). The third-order valence-electron chi connectivity index (χ3n) is 2.56. The fraction of sp³-hybridized carbons (Fsp3) is 0.500. The Bertz CT molecular complexity index is 375. The standard InChI is InChI=1S/C14H19NOS/c1-11(2)15-14-9-8-12(16-14)10-17-13-6-4-3-5-7-13/h3-7,11-12H,8-10H2,1-2H3. The van der Waals surface area contributed by atoms with Crippen LogP contribution in [0.4, 0.5) is 0 Å². The molecule has 0 bridgehead atoms. The number of aliphatic imine (C=N–C) groups is 1. The molecular formula is C14H19NOS. The molecule has 1 aromatic rings. The number of nitrogens with zero attached hydrogens (tertiary/aromatic N) is 1. The Kier molecular flexibility index (Phi) is 4.49. The van der Waals surface area contributed by atoms with E-state index in [2.05, 4.69) is 43.1 Å². The summed E-state index contributed by atoms with van der Waals surface area (Å²) in [5, 5.41) is 0. The van der Waals surface area contributed by atoms with E-state index >= 15 is 0 Å².